The van der Waals surface area contributed by atoms with Gasteiger partial charge in [-0.2, -0.15) is 0 Å². The van der Waals surface area contributed by atoms with E-state index in [-0.39, 0.29) is 6.61 Å². The second-order valence-electron chi connectivity index (χ2n) is 3.26. The van der Waals surface area contributed by atoms with Gasteiger partial charge in [-0.3, -0.25) is 0 Å². The molecule has 1 aromatic heterocycles. The van der Waals surface area contributed by atoms with E-state index in [1.807, 2.05) is 37.3 Å². The molecule has 0 amide bonds. The smallest absolute Gasteiger partial charge is 0.220 e. The third kappa shape index (κ3) is 1.92. The Hall–Kier alpha value is -1.61. The Bertz CT molecular complexity index is 434. The molecule has 1 aromatic carbocycles. The predicted octanol–water partition coefficient (Wildman–Crippen LogP) is 2.40. The van der Waals surface area contributed by atoms with Crippen LogP contribution in [0, 0.1) is 0 Å². The number of hydrogen-bond acceptors (Lipinski definition) is 3. The fraction of sp³-hybridized carbons (Fsp3) is 0.250. The Morgan fingerprint density at radius 3 is 2.60 bits per heavy atom. The second kappa shape index (κ2) is 4.28. The van der Waals surface area contributed by atoms with Crippen LogP contribution in [0.3, 0.4) is 0 Å². The molecule has 0 aliphatic carbocycles. The average molecular weight is 203 g/mol. The summed E-state index contributed by atoms with van der Waals surface area (Å²) < 4.78 is 5.41. The van der Waals surface area contributed by atoms with Crippen molar-refractivity contribution in [1.29, 1.82) is 0 Å². The second-order valence-corrected chi connectivity index (χ2v) is 3.26. The molecule has 0 bridgehead atoms. The van der Waals surface area contributed by atoms with Crippen LogP contribution in [-0.2, 0) is 13.0 Å². The van der Waals surface area contributed by atoms with Gasteiger partial charge in [0.05, 0.1) is 0 Å². The van der Waals surface area contributed by atoms with Crippen molar-refractivity contribution in [2.24, 2.45) is 0 Å². The highest BCUT2D eigenvalue weighted by Gasteiger charge is 2.12. The minimum atomic E-state index is -0.153. The van der Waals surface area contributed by atoms with E-state index >= 15 is 0 Å². The zero-order valence-corrected chi connectivity index (χ0v) is 8.60. The number of nitrogens with zero attached hydrogens (tertiary/aromatic N) is 1. The number of aliphatic hydroxyl groups is 1. The van der Waals surface area contributed by atoms with Crippen molar-refractivity contribution < 1.29 is 9.52 Å². The molecule has 0 radical (unpaired) electrons. The van der Waals surface area contributed by atoms with E-state index in [9.17, 15) is 0 Å². The summed E-state index contributed by atoms with van der Waals surface area (Å²) >= 11 is 0. The van der Waals surface area contributed by atoms with Gasteiger partial charge in [0.25, 0.3) is 0 Å². The number of oxazole rings is 1. The molecule has 0 unspecified atom stereocenters. The van der Waals surface area contributed by atoms with E-state index in [4.69, 9.17) is 9.52 Å². The van der Waals surface area contributed by atoms with Gasteiger partial charge < -0.3 is 9.52 Å². The number of aryl methyl sites for hydroxylation is 1. The van der Waals surface area contributed by atoms with E-state index in [0.29, 0.717) is 5.89 Å². The van der Waals surface area contributed by atoms with Gasteiger partial charge in [0.2, 0.25) is 5.89 Å². The maximum absolute atomic E-state index is 8.96. The molecule has 2 aromatic rings. The fourth-order valence-corrected chi connectivity index (χ4v) is 1.53. The number of benzene rings is 1. The maximum atomic E-state index is 8.96. The standard InChI is InChI=1S/C12H13NO2/c1-2-10-12(13-11(8-14)15-10)9-6-4-3-5-7-9/h3-7,14H,2,8H2,1H3. The SMILES string of the molecule is CCc1oc(CO)nc1-c1ccccc1. The minimum Gasteiger partial charge on any atom is -0.443 e. The summed E-state index contributed by atoms with van der Waals surface area (Å²) in [6.45, 7) is 1.86. The van der Waals surface area contributed by atoms with Crippen LogP contribution in [0.5, 0.6) is 0 Å². The highest BCUT2D eigenvalue weighted by molar-refractivity contribution is 5.61. The van der Waals surface area contributed by atoms with Crippen molar-refractivity contribution in [3.05, 3.63) is 42.0 Å². The van der Waals surface area contributed by atoms with E-state index in [0.717, 1.165) is 23.4 Å². The molecule has 15 heavy (non-hydrogen) atoms. The van der Waals surface area contributed by atoms with Gasteiger partial charge in [-0.05, 0) is 0 Å². The van der Waals surface area contributed by atoms with Crippen LogP contribution in [0.2, 0.25) is 0 Å². The molecule has 2 rings (SSSR count). The van der Waals surface area contributed by atoms with Crippen LogP contribution in [-0.4, -0.2) is 10.1 Å². The van der Waals surface area contributed by atoms with Gasteiger partial charge >= 0.3 is 0 Å². The molecule has 3 nitrogen and oxygen atoms in total. The zero-order chi connectivity index (χ0) is 10.7. The van der Waals surface area contributed by atoms with Crippen LogP contribution in [0.1, 0.15) is 18.6 Å². The molecule has 78 valence electrons. The number of hydrogen-bond donors (Lipinski definition) is 1. The van der Waals surface area contributed by atoms with Crippen LogP contribution in [0.25, 0.3) is 11.3 Å². The van der Waals surface area contributed by atoms with E-state index in [2.05, 4.69) is 4.98 Å². The molecule has 0 saturated heterocycles. The first kappa shape index (κ1) is 9.93. The van der Waals surface area contributed by atoms with Crippen LogP contribution in [0.15, 0.2) is 34.7 Å². The normalized spacial score (nSPS) is 10.5. The van der Waals surface area contributed by atoms with Crippen molar-refractivity contribution in [3.63, 3.8) is 0 Å². The summed E-state index contributed by atoms with van der Waals surface area (Å²) in [6, 6.07) is 9.85. The Balaban J connectivity index is 2.47. The van der Waals surface area contributed by atoms with Gasteiger partial charge in [-0.15, -0.1) is 0 Å². The summed E-state index contributed by atoms with van der Waals surface area (Å²) in [5, 5.41) is 8.96. The third-order valence-corrected chi connectivity index (χ3v) is 2.25. The lowest BCUT2D eigenvalue weighted by atomic mass is 10.1. The van der Waals surface area contributed by atoms with E-state index < -0.39 is 0 Å². The summed E-state index contributed by atoms with van der Waals surface area (Å²) in [6.07, 6.45) is 0.775. The highest BCUT2D eigenvalue weighted by Crippen LogP contribution is 2.24. The molecule has 0 spiro atoms. The first-order valence-corrected chi connectivity index (χ1v) is 5.00. The number of aliphatic hydroxyl groups excluding tert-OH is 1. The van der Waals surface area contributed by atoms with E-state index in [1.165, 1.54) is 0 Å². The highest BCUT2D eigenvalue weighted by atomic mass is 16.4. The summed E-state index contributed by atoms with van der Waals surface area (Å²) in [5.41, 5.74) is 1.86. The first-order valence-electron chi connectivity index (χ1n) is 5.00. The van der Waals surface area contributed by atoms with Crippen LogP contribution in [0.4, 0.5) is 0 Å². The molecule has 1 N–H and O–H groups in total. The van der Waals surface area contributed by atoms with Crippen molar-refractivity contribution in [1.82, 2.24) is 4.98 Å². The molecule has 0 saturated carbocycles. The van der Waals surface area contributed by atoms with Crippen molar-refractivity contribution in [2.45, 2.75) is 20.0 Å². The Morgan fingerprint density at radius 2 is 2.00 bits per heavy atom. The molecule has 0 atom stereocenters. The van der Waals surface area contributed by atoms with Gasteiger partial charge in [-0.1, -0.05) is 37.3 Å². The number of aromatic nitrogens is 1. The largest absolute Gasteiger partial charge is 0.443 e. The van der Waals surface area contributed by atoms with Crippen molar-refractivity contribution in [2.75, 3.05) is 0 Å². The third-order valence-electron chi connectivity index (χ3n) is 2.25. The molecular formula is C12H13NO2. The topological polar surface area (TPSA) is 46.3 Å². The molecule has 0 aliphatic rings. The lowest BCUT2D eigenvalue weighted by molar-refractivity contribution is 0.237. The monoisotopic (exact) mass is 203 g/mol. The predicted molar refractivity (Wildman–Crippen MR) is 57.2 cm³/mol. The van der Waals surface area contributed by atoms with E-state index in [1.54, 1.807) is 0 Å². The van der Waals surface area contributed by atoms with Gasteiger partial charge in [0.15, 0.2) is 0 Å². The molecular weight excluding hydrogens is 190 g/mol. The van der Waals surface area contributed by atoms with Crippen molar-refractivity contribution >= 4 is 0 Å². The minimum absolute atomic E-state index is 0.153. The summed E-state index contributed by atoms with van der Waals surface area (Å²) in [7, 11) is 0. The molecule has 0 fully saturated rings. The van der Waals surface area contributed by atoms with Gasteiger partial charge in [0, 0.05) is 12.0 Å². The molecule has 3 heteroatoms. The molecule has 1 heterocycles. The maximum Gasteiger partial charge on any atom is 0.220 e. The quantitative estimate of drug-likeness (QED) is 0.833. The Labute approximate surface area is 88.4 Å². The Morgan fingerprint density at radius 1 is 1.27 bits per heavy atom. The fourth-order valence-electron chi connectivity index (χ4n) is 1.53. The first-order chi connectivity index (χ1) is 7.35. The van der Waals surface area contributed by atoms with Gasteiger partial charge in [-0.25, -0.2) is 4.98 Å². The van der Waals surface area contributed by atoms with Crippen molar-refractivity contribution in [3.8, 4) is 11.3 Å². The van der Waals surface area contributed by atoms with Gasteiger partial charge in [0.1, 0.15) is 18.1 Å². The lowest BCUT2D eigenvalue weighted by Crippen LogP contribution is -1.84. The molecule has 0 aliphatic heterocycles. The Kier molecular flexibility index (Phi) is 2.83. The summed E-state index contributed by atoms with van der Waals surface area (Å²) in [5.74, 6) is 1.20. The zero-order valence-electron chi connectivity index (χ0n) is 8.60. The van der Waals surface area contributed by atoms with Crippen LogP contribution < -0.4 is 0 Å². The average Bonchev–Trinajstić information content (AvgIpc) is 2.73. The van der Waals surface area contributed by atoms with Crippen LogP contribution >= 0.6 is 0 Å². The number of rotatable bonds is 3. The summed E-state index contributed by atoms with van der Waals surface area (Å²) in [4.78, 5) is 4.25. The lowest BCUT2D eigenvalue weighted by Gasteiger charge is -1.96.